The normalized spacial score (nSPS) is 11.3. The Labute approximate surface area is 227 Å². The van der Waals surface area contributed by atoms with Crippen molar-refractivity contribution in [3.05, 3.63) is 96.5 Å². The van der Waals surface area contributed by atoms with E-state index in [1.54, 1.807) is 6.20 Å². The Morgan fingerprint density at radius 2 is 1.78 bits per heavy atom. The molecule has 37 heavy (non-hydrogen) atoms. The van der Waals surface area contributed by atoms with Crippen molar-refractivity contribution in [2.45, 2.75) is 20.8 Å². The third kappa shape index (κ3) is 5.53. The Kier molecular flexibility index (Phi) is 7.67. The van der Waals surface area contributed by atoms with E-state index in [1.165, 1.54) is 19.9 Å². The van der Waals surface area contributed by atoms with Crippen LogP contribution in [-0.2, 0) is 24.9 Å². The molecule has 0 saturated carbocycles. The van der Waals surface area contributed by atoms with Crippen LogP contribution in [0.4, 0.5) is 0 Å². The van der Waals surface area contributed by atoms with E-state index in [0.29, 0.717) is 5.71 Å². The zero-order valence-electron chi connectivity index (χ0n) is 20.4. The maximum Gasteiger partial charge on any atom is 0.216 e. The average Bonchev–Trinajstić information content (AvgIpc) is 3.44. The first-order valence-corrected chi connectivity index (χ1v) is 11.4. The number of hydrogen-bond acceptors (Lipinski definition) is 6. The van der Waals surface area contributed by atoms with Gasteiger partial charge in [0.15, 0.2) is 11.4 Å². The van der Waals surface area contributed by atoms with Gasteiger partial charge in [-0.2, -0.15) is 0 Å². The molecular weight excluding hydrogens is 645 g/mol. The van der Waals surface area contributed by atoms with Crippen LogP contribution in [0.25, 0.3) is 55.6 Å². The number of pyridine rings is 2. The van der Waals surface area contributed by atoms with Gasteiger partial charge in [0.2, 0.25) is 5.71 Å². The number of furan rings is 2. The molecule has 1 N–H and O–H groups in total. The molecule has 4 aromatic heterocycles. The summed E-state index contributed by atoms with van der Waals surface area (Å²) in [4.78, 5) is 19.2. The van der Waals surface area contributed by atoms with Crippen molar-refractivity contribution in [3.63, 3.8) is 0 Å². The Bertz CT molecular complexity index is 1750. The third-order valence-corrected chi connectivity index (χ3v) is 5.57. The first kappa shape index (κ1) is 26.0. The number of ketones is 1. The minimum absolute atomic E-state index is 0. The minimum Gasteiger partial charge on any atom is -0.512 e. The van der Waals surface area contributed by atoms with Gasteiger partial charge in [0.1, 0.15) is 5.76 Å². The molecule has 4 heterocycles. The summed E-state index contributed by atoms with van der Waals surface area (Å²) in [6.07, 6.45) is 2.93. The van der Waals surface area contributed by atoms with Gasteiger partial charge in [-0.3, -0.25) is 4.79 Å². The molecule has 187 valence electrons. The number of aryl methyl sites for hydroxylation is 1. The molecule has 0 spiro atoms. The molecule has 0 bridgehead atoms. The van der Waals surface area contributed by atoms with Gasteiger partial charge >= 0.3 is 0 Å². The number of aromatic nitrogens is 2. The van der Waals surface area contributed by atoms with Crippen LogP contribution in [0, 0.1) is 13.0 Å². The summed E-state index contributed by atoms with van der Waals surface area (Å²) in [5.74, 6) is 0.762. The van der Waals surface area contributed by atoms with Crippen molar-refractivity contribution in [2.24, 2.45) is 0 Å². The van der Waals surface area contributed by atoms with E-state index in [4.69, 9.17) is 13.9 Å². The SMILES string of the molecule is CC(=O)/C=C(/C)O.Cc1ccc2c(n1)oc1c(-c3cc4cc(-c5ccccc5)oc4cn3)[c-]ccc12.[Ir]. The van der Waals surface area contributed by atoms with Crippen LogP contribution in [0.1, 0.15) is 19.5 Å². The van der Waals surface area contributed by atoms with Crippen LogP contribution >= 0.6 is 0 Å². The van der Waals surface area contributed by atoms with Crippen LogP contribution < -0.4 is 0 Å². The Morgan fingerprint density at radius 1 is 1.00 bits per heavy atom. The molecule has 0 amide bonds. The number of carbonyl (C=O) groups excluding carboxylic acids is 1. The fourth-order valence-electron chi connectivity index (χ4n) is 4.03. The first-order chi connectivity index (χ1) is 17.4. The Morgan fingerprint density at radius 3 is 2.49 bits per heavy atom. The van der Waals surface area contributed by atoms with Crippen molar-refractivity contribution < 1.29 is 38.8 Å². The third-order valence-electron chi connectivity index (χ3n) is 5.57. The summed E-state index contributed by atoms with van der Waals surface area (Å²) in [6, 6.07) is 25.4. The second-order valence-electron chi connectivity index (χ2n) is 8.48. The van der Waals surface area contributed by atoms with Gasteiger partial charge in [-0.15, -0.1) is 18.2 Å². The quantitative estimate of drug-likeness (QED) is 0.119. The molecule has 6 nitrogen and oxygen atoms in total. The molecule has 1 radical (unpaired) electrons. The first-order valence-electron chi connectivity index (χ1n) is 11.4. The molecule has 7 heteroatoms. The van der Waals surface area contributed by atoms with E-state index in [-0.39, 0.29) is 31.6 Å². The maximum atomic E-state index is 10.0. The predicted octanol–water partition coefficient (Wildman–Crippen LogP) is 7.60. The van der Waals surface area contributed by atoms with Crippen LogP contribution in [0.3, 0.4) is 0 Å². The molecule has 0 saturated heterocycles. The topological polar surface area (TPSA) is 89.4 Å². The van der Waals surface area contributed by atoms with Gasteiger partial charge in [-0.25, -0.2) is 4.98 Å². The van der Waals surface area contributed by atoms with E-state index in [9.17, 15) is 4.79 Å². The monoisotopic (exact) mass is 668 g/mol. The van der Waals surface area contributed by atoms with E-state index in [2.05, 4.69) is 16.0 Å². The summed E-state index contributed by atoms with van der Waals surface area (Å²) in [5.41, 5.74) is 5.71. The summed E-state index contributed by atoms with van der Waals surface area (Å²) in [5, 5.41) is 11.4. The van der Waals surface area contributed by atoms with Crippen molar-refractivity contribution in [1.29, 1.82) is 0 Å². The number of hydrogen-bond donors (Lipinski definition) is 1. The van der Waals surface area contributed by atoms with E-state index < -0.39 is 0 Å². The van der Waals surface area contributed by atoms with Crippen LogP contribution in [0.5, 0.6) is 0 Å². The van der Waals surface area contributed by atoms with Crippen molar-refractivity contribution in [1.82, 2.24) is 9.97 Å². The number of rotatable bonds is 3. The summed E-state index contributed by atoms with van der Waals surface area (Å²) in [7, 11) is 0. The van der Waals surface area contributed by atoms with Crippen molar-refractivity contribution in [3.8, 4) is 22.6 Å². The predicted molar refractivity (Wildman–Crippen MR) is 141 cm³/mol. The van der Waals surface area contributed by atoms with E-state index >= 15 is 0 Å². The number of aliphatic hydroxyl groups is 1. The molecule has 0 aliphatic rings. The number of allylic oxidation sites excluding steroid dienone is 2. The van der Waals surface area contributed by atoms with Crippen LogP contribution in [0.15, 0.2) is 93.6 Å². The summed E-state index contributed by atoms with van der Waals surface area (Å²) in [6.45, 7) is 4.81. The van der Waals surface area contributed by atoms with Crippen LogP contribution in [0.2, 0.25) is 0 Å². The molecule has 6 rings (SSSR count). The van der Waals surface area contributed by atoms with Crippen molar-refractivity contribution >= 4 is 38.8 Å². The van der Waals surface area contributed by atoms with Crippen LogP contribution in [-0.4, -0.2) is 20.9 Å². The zero-order chi connectivity index (χ0) is 25.2. The smallest absolute Gasteiger partial charge is 0.216 e. The van der Waals surface area contributed by atoms with Gasteiger partial charge in [0.05, 0.1) is 17.5 Å². The molecule has 6 aromatic rings. The second-order valence-corrected chi connectivity index (χ2v) is 8.48. The van der Waals surface area contributed by atoms with Crippen molar-refractivity contribution in [2.75, 3.05) is 0 Å². The standard InChI is InChI=1S/C25H15N2O2.C5H8O2.Ir/c1-15-10-11-19-18-8-5-9-20(24(18)29-25(19)27-15)21-12-17-13-22(28-23(17)14-26-21)16-6-3-2-4-7-16;1-4(6)3-5(2)7;/h2-8,10-14H,1H3;3,6H,1-2H3;/q-1;;/b;4-3-;. The number of fused-ring (bicyclic) bond motifs is 4. The summed E-state index contributed by atoms with van der Waals surface area (Å²) < 4.78 is 12.1. The van der Waals surface area contributed by atoms with Gasteiger partial charge in [0.25, 0.3) is 0 Å². The molecule has 0 aliphatic carbocycles. The molecule has 0 unspecified atom stereocenters. The molecule has 0 fully saturated rings. The minimum atomic E-state index is -0.125. The molecule has 0 atom stereocenters. The molecule has 2 aromatic carbocycles. The molecule has 0 aliphatic heterocycles. The van der Waals surface area contributed by atoms with E-state index in [1.807, 2.05) is 73.7 Å². The van der Waals surface area contributed by atoms with Gasteiger partial charge in [0, 0.05) is 48.2 Å². The van der Waals surface area contributed by atoms with Gasteiger partial charge in [-0.05, 0) is 44.7 Å². The summed E-state index contributed by atoms with van der Waals surface area (Å²) >= 11 is 0. The number of aliphatic hydroxyl groups excluding tert-OH is 1. The Hall–Kier alpha value is -4.06. The zero-order valence-corrected chi connectivity index (χ0v) is 22.8. The average molecular weight is 668 g/mol. The molecular formula is C30H23IrN2O4-. The van der Waals surface area contributed by atoms with E-state index in [0.717, 1.165) is 55.6 Å². The second kappa shape index (κ2) is 10.9. The Balaban J connectivity index is 0.000000356. The maximum absolute atomic E-state index is 10.0. The largest absolute Gasteiger partial charge is 0.512 e. The number of carbonyl (C=O) groups is 1. The van der Waals surface area contributed by atoms with Gasteiger partial charge < -0.3 is 18.9 Å². The fourth-order valence-corrected chi connectivity index (χ4v) is 4.03. The van der Waals surface area contributed by atoms with Gasteiger partial charge in [-0.1, -0.05) is 47.3 Å². The fraction of sp³-hybridized carbons (Fsp3) is 0.100. The number of nitrogens with zero attached hydrogens (tertiary/aromatic N) is 2. The number of benzene rings is 2.